The molecule has 0 atom stereocenters. The summed E-state index contributed by atoms with van der Waals surface area (Å²) in [5, 5.41) is 12.8. The number of ether oxygens (including phenoxy) is 1. The van der Waals surface area contributed by atoms with E-state index in [9.17, 15) is 18.3 Å². The van der Waals surface area contributed by atoms with Crippen LogP contribution in [0.4, 0.5) is 5.69 Å². The van der Waals surface area contributed by atoms with Crippen molar-refractivity contribution in [2.45, 2.75) is 11.3 Å². The third-order valence-corrected chi connectivity index (χ3v) is 5.80. The summed E-state index contributed by atoms with van der Waals surface area (Å²) in [4.78, 5) is 12.6. The molecular formula is C22H22N2O5S. The standard InChI is InChI=1S/C22H22N2O5S/c1-29-19-11-10-16(21(25)15-19)12-13-23-22(26)17-6-5-7-18(14-17)24-30(27,28)20-8-3-2-4-9-20/h2-11,14-15,24-25H,12-13H2,1H3,(H,23,26). The topological polar surface area (TPSA) is 105 Å². The third kappa shape index (κ3) is 5.30. The summed E-state index contributed by atoms with van der Waals surface area (Å²) in [5.74, 6) is 0.305. The Balaban J connectivity index is 1.62. The smallest absolute Gasteiger partial charge is 0.261 e. The minimum Gasteiger partial charge on any atom is -0.508 e. The van der Waals surface area contributed by atoms with Gasteiger partial charge in [-0.15, -0.1) is 0 Å². The molecule has 0 radical (unpaired) electrons. The molecule has 30 heavy (non-hydrogen) atoms. The number of carbonyl (C=O) groups is 1. The Hall–Kier alpha value is -3.52. The highest BCUT2D eigenvalue weighted by Gasteiger charge is 2.14. The number of phenols is 1. The molecular weight excluding hydrogens is 404 g/mol. The number of methoxy groups -OCH3 is 1. The van der Waals surface area contributed by atoms with Crippen LogP contribution in [0.25, 0.3) is 0 Å². The summed E-state index contributed by atoms with van der Waals surface area (Å²) < 4.78 is 32.4. The van der Waals surface area contributed by atoms with Crippen molar-refractivity contribution in [3.8, 4) is 11.5 Å². The molecule has 156 valence electrons. The number of phenolic OH excluding ortho intramolecular Hbond substituents is 1. The Bertz CT molecular complexity index is 1130. The van der Waals surface area contributed by atoms with Gasteiger partial charge in [0.1, 0.15) is 11.5 Å². The molecule has 0 bridgehead atoms. The molecule has 0 aliphatic carbocycles. The zero-order chi connectivity index (χ0) is 21.6. The van der Waals surface area contributed by atoms with Gasteiger partial charge in [0.15, 0.2) is 0 Å². The minimum atomic E-state index is -3.74. The van der Waals surface area contributed by atoms with E-state index in [1.807, 2.05) is 0 Å². The van der Waals surface area contributed by atoms with Crippen LogP contribution in [0.1, 0.15) is 15.9 Å². The molecule has 0 unspecified atom stereocenters. The monoisotopic (exact) mass is 426 g/mol. The molecule has 0 heterocycles. The van der Waals surface area contributed by atoms with Crippen molar-refractivity contribution in [2.75, 3.05) is 18.4 Å². The van der Waals surface area contributed by atoms with E-state index >= 15 is 0 Å². The van der Waals surface area contributed by atoms with E-state index < -0.39 is 10.0 Å². The van der Waals surface area contributed by atoms with E-state index in [1.165, 1.54) is 31.4 Å². The van der Waals surface area contributed by atoms with Crippen LogP contribution in [0, 0.1) is 0 Å². The molecule has 3 rings (SSSR count). The number of hydrogen-bond acceptors (Lipinski definition) is 5. The van der Waals surface area contributed by atoms with Gasteiger partial charge >= 0.3 is 0 Å². The molecule has 0 aliphatic rings. The SMILES string of the molecule is COc1ccc(CCNC(=O)c2cccc(NS(=O)(=O)c3ccccc3)c2)c(O)c1. The molecule has 0 saturated carbocycles. The Morgan fingerprint density at radius 3 is 2.47 bits per heavy atom. The van der Waals surface area contributed by atoms with Crippen LogP contribution >= 0.6 is 0 Å². The van der Waals surface area contributed by atoms with E-state index in [2.05, 4.69) is 10.0 Å². The molecule has 0 spiro atoms. The van der Waals surface area contributed by atoms with Gasteiger partial charge in [0.25, 0.3) is 15.9 Å². The minimum absolute atomic E-state index is 0.0981. The Morgan fingerprint density at radius 2 is 1.77 bits per heavy atom. The molecule has 7 nitrogen and oxygen atoms in total. The van der Waals surface area contributed by atoms with Gasteiger partial charge in [-0.05, 0) is 48.4 Å². The summed E-state index contributed by atoms with van der Waals surface area (Å²) in [7, 11) is -2.22. The molecule has 3 N–H and O–H groups in total. The van der Waals surface area contributed by atoms with Gasteiger partial charge in [-0.3, -0.25) is 9.52 Å². The number of anilines is 1. The molecule has 0 saturated heterocycles. The first-order valence-electron chi connectivity index (χ1n) is 9.21. The lowest BCUT2D eigenvalue weighted by Gasteiger charge is -2.11. The second-order valence-electron chi connectivity index (χ2n) is 6.50. The number of amides is 1. The van der Waals surface area contributed by atoms with E-state index in [1.54, 1.807) is 48.5 Å². The molecule has 0 aromatic heterocycles. The highest BCUT2D eigenvalue weighted by Crippen LogP contribution is 2.23. The fourth-order valence-electron chi connectivity index (χ4n) is 2.83. The largest absolute Gasteiger partial charge is 0.508 e. The first-order valence-corrected chi connectivity index (χ1v) is 10.7. The first-order chi connectivity index (χ1) is 14.4. The lowest BCUT2D eigenvalue weighted by molar-refractivity contribution is 0.0954. The second kappa shape index (κ2) is 9.32. The highest BCUT2D eigenvalue weighted by atomic mass is 32.2. The number of hydrogen-bond donors (Lipinski definition) is 3. The fourth-order valence-corrected chi connectivity index (χ4v) is 3.90. The lowest BCUT2D eigenvalue weighted by Crippen LogP contribution is -2.25. The van der Waals surface area contributed by atoms with Crippen molar-refractivity contribution in [2.24, 2.45) is 0 Å². The molecule has 0 aliphatic heterocycles. The van der Waals surface area contributed by atoms with Crippen molar-refractivity contribution in [1.82, 2.24) is 5.32 Å². The van der Waals surface area contributed by atoms with Crippen molar-refractivity contribution < 1.29 is 23.1 Å². The maximum absolute atomic E-state index is 12.4. The van der Waals surface area contributed by atoms with E-state index in [-0.39, 0.29) is 16.6 Å². The molecule has 8 heteroatoms. The Morgan fingerprint density at radius 1 is 1.00 bits per heavy atom. The number of benzene rings is 3. The molecule has 0 fully saturated rings. The van der Waals surface area contributed by atoms with Crippen molar-refractivity contribution >= 4 is 21.6 Å². The summed E-state index contributed by atoms with van der Waals surface area (Å²) in [6, 6.07) is 19.2. The van der Waals surface area contributed by atoms with Gasteiger partial charge in [-0.1, -0.05) is 30.3 Å². The lowest BCUT2D eigenvalue weighted by atomic mass is 10.1. The first kappa shape index (κ1) is 21.2. The summed E-state index contributed by atoms with van der Waals surface area (Å²) in [5.41, 5.74) is 1.29. The van der Waals surface area contributed by atoms with Crippen LogP contribution in [0.3, 0.4) is 0 Å². The quantitative estimate of drug-likeness (QED) is 0.513. The van der Waals surface area contributed by atoms with Gasteiger partial charge in [0, 0.05) is 23.9 Å². The summed E-state index contributed by atoms with van der Waals surface area (Å²) >= 11 is 0. The molecule has 1 amide bonds. The summed E-state index contributed by atoms with van der Waals surface area (Å²) in [6.45, 7) is 0.304. The maximum atomic E-state index is 12.4. The van der Waals surface area contributed by atoms with E-state index in [0.29, 0.717) is 35.5 Å². The number of nitrogens with one attached hydrogen (secondary N) is 2. The molecule has 3 aromatic carbocycles. The number of aromatic hydroxyl groups is 1. The van der Waals surface area contributed by atoms with Crippen molar-refractivity contribution in [3.05, 3.63) is 83.9 Å². The van der Waals surface area contributed by atoms with Gasteiger partial charge in [-0.2, -0.15) is 0 Å². The van der Waals surface area contributed by atoms with Crippen LogP contribution in [0.15, 0.2) is 77.7 Å². The number of sulfonamides is 1. The number of rotatable bonds is 8. The predicted octanol–water partition coefficient (Wildman–Crippen LogP) is 3.17. The van der Waals surface area contributed by atoms with Gasteiger partial charge < -0.3 is 15.2 Å². The zero-order valence-corrected chi connectivity index (χ0v) is 17.1. The average Bonchev–Trinajstić information content (AvgIpc) is 2.75. The third-order valence-electron chi connectivity index (χ3n) is 4.40. The van der Waals surface area contributed by atoms with Gasteiger partial charge in [0.05, 0.1) is 12.0 Å². The van der Waals surface area contributed by atoms with Crippen molar-refractivity contribution in [3.63, 3.8) is 0 Å². The van der Waals surface area contributed by atoms with Crippen LogP contribution in [-0.2, 0) is 16.4 Å². The fraction of sp³-hybridized carbons (Fsp3) is 0.136. The predicted molar refractivity (Wildman–Crippen MR) is 114 cm³/mol. The zero-order valence-electron chi connectivity index (χ0n) is 16.3. The second-order valence-corrected chi connectivity index (χ2v) is 8.18. The van der Waals surface area contributed by atoms with Crippen LogP contribution in [-0.4, -0.2) is 33.1 Å². The number of carbonyl (C=O) groups excluding carboxylic acids is 1. The Kier molecular flexibility index (Phi) is 6.58. The van der Waals surface area contributed by atoms with Crippen LogP contribution in [0.2, 0.25) is 0 Å². The average molecular weight is 426 g/mol. The summed E-state index contributed by atoms with van der Waals surface area (Å²) in [6.07, 6.45) is 0.432. The maximum Gasteiger partial charge on any atom is 0.261 e. The van der Waals surface area contributed by atoms with Gasteiger partial charge in [0.2, 0.25) is 0 Å². The highest BCUT2D eigenvalue weighted by molar-refractivity contribution is 7.92. The van der Waals surface area contributed by atoms with Gasteiger partial charge in [-0.25, -0.2) is 8.42 Å². The normalized spacial score (nSPS) is 11.0. The molecule has 3 aromatic rings. The van der Waals surface area contributed by atoms with E-state index in [4.69, 9.17) is 4.74 Å². The van der Waals surface area contributed by atoms with Crippen molar-refractivity contribution in [1.29, 1.82) is 0 Å². The van der Waals surface area contributed by atoms with E-state index in [0.717, 1.165) is 0 Å². The van der Waals surface area contributed by atoms with Crippen LogP contribution < -0.4 is 14.8 Å². The Labute approximate surface area is 175 Å². The van der Waals surface area contributed by atoms with Crippen LogP contribution in [0.5, 0.6) is 11.5 Å².